The van der Waals surface area contributed by atoms with E-state index in [1.807, 2.05) is 47.4 Å². The Morgan fingerprint density at radius 3 is 1.85 bits per heavy atom. The maximum absolute atomic E-state index is 14.8. The number of ether oxygens (including phenoxy) is 1. The van der Waals surface area contributed by atoms with Gasteiger partial charge in [0.2, 0.25) is 0 Å². The van der Waals surface area contributed by atoms with Crippen LogP contribution in [0.4, 0.5) is 0 Å². The fourth-order valence-electron chi connectivity index (χ4n) is 5.52. The molecule has 1 aliphatic rings. The van der Waals surface area contributed by atoms with Crippen LogP contribution in [0.2, 0.25) is 5.04 Å². The fourth-order valence-corrected chi connectivity index (χ4v) is 11.8. The molecule has 0 unspecified atom stereocenters. The summed E-state index contributed by atoms with van der Waals surface area (Å²) in [5.41, 5.74) is 0.898. The predicted molar refractivity (Wildman–Crippen MR) is 169 cm³/mol. The summed E-state index contributed by atoms with van der Waals surface area (Å²) in [6, 6.07) is 30.7. The van der Waals surface area contributed by atoms with Gasteiger partial charge in [-0.3, -0.25) is 9.69 Å². The van der Waals surface area contributed by atoms with E-state index in [0.717, 1.165) is 21.7 Å². The van der Waals surface area contributed by atoms with Gasteiger partial charge in [-0.1, -0.05) is 150 Å². The number of hydrogen-bond acceptors (Lipinski definition) is 5. The van der Waals surface area contributed by atoms with E-state index < -0.39 is 20.5 Å². The first-order valence-corrected chi connectivity index (χ1v) is 16.8. The minimum absolute atomic E-state index is 0.00790. The van der Waals surface area contributed by atoms with Gasteiger partial charge in [0.05, 0.1) is 6.04 Å². The van der Waals surface area contributed by atoms with Crippen molar-refractivity contribution in [1.29, 1.82) is 0 Å². The summed E-state index contributed by atoms with van der Waals surface area (Å²) in [7, 11) is -1.43. The number of methoxy groups -OCH3 is 1. The van der Waals surface area contributed by atoms with Crippen molar-refractivity contribution in [3.63, 3.8) is 0 Å². The van der Waals surface area contributed by atoms with Gasteiger partial charge in [-0.15, -0.1) is 0 Å². The van der Waals surface area contributed by atoms with Gasteiger partial charge in [0, 0.05) is 12.9 Å². The van der Waals surface area contributed by atoms with Crippen LogP contribution in [0.1, 0.15) is 46.3 Å². The molecule has 7 heteroatoms. The molecule has 0 aliphatic carbocycles. The van der Waals surface area contributed by atoms with Crippen LogP contribution in [0.25, 0.3) is 0 Å². The van der Waals surface area contributed by atoms with Crippen molar-refractivity contribution >= 4 is 52.9 Å². The lowest BCUT2D eigenvalue weighted by Crippen LogP contribution is -2.69. The molecule has 4 nitrogen and oxygen atoms in total. The molecule has 0 spiro atoms. The molecule has 1 heterocycles. The Labute approximate surface area is 244 Å². The molecule has 0 bridgehead atoms. The average molecular weight is 578 g/mol. The number of thiocarbonyl (C=S) groups is 1. The van der Waals surface area contributed by atoms with Crippen LogP contribution >= 0.6 is 24.0 Å². The number of thioether (sulfide) groups is 1. The first kappa shape index (κ1) is 29.7. The largest absolute Gasteiger partial charge is 0.393 e. The number of amides is 1. The van der Waals surface area contributed by atoms with Gasteiger partial charge in [-0.2, -0.15) is 0 Å². The highest BCUT2D eigenvalue weighted by Gasteiger charge is 2.55. The van der Waals surface area contributed by atoms with E-state index >= 15 is 0 Å². The highest BCUT2D eigenvalue weighted by molar-refractivity contribution is 8.23. The monoisotopic (exact) mass is 577 g/mol. The van der Waals surface area contributed by atoms with Gasteiger partial charge in [0.15, 0.2) is 6.10 Å². The van der Waals surface area contributed by atoms with Crippen molar-refractivity contribution in [1.82, 2.24) is 4.90 Å². The number of rotatable bonds is 9. The highest BCUT2D eigenvalue weighted by atomic mass is 32.2. The summed E-state index contributed by atoms with van der Waals surface area (Å²) in [5.74, 6) is 0.914. The average Bonchev–Trinajstić information content (AvgIpc) is 3.33. The molecule has 3 aromatic carbocycles. The maximum Gasteiger partial charge on any atom is 0.262 e. The third-order valence-electron chi connectivity index (χ3n) is 7.53. The van der Waals surface area contributed by atoms with Gasteiger partial charge >= 0.3 is 0 Å². The van der Waals surface area contributed by atoms with E-state index in [1.54, 1.807) is 18.9 Å². The van der Waals surface area contributed by atoms with Crippen LogP contribution in [0, 0.1) is 5.92 Å². The van der Waals surface area contributed by atoms with E-state index in [0.29, 0.717) is 4.32 Å². The summed E-state index contributed by atoms with van der Waals surface area (Å²) in [5, 5.41) is 1.92. The van der Waals surface area contributed by atoms with E-state index in [9.17, 15) is 4.79 Å². The molecule has 0 aromatic heterocycles. The van der Waals surface area contributed by atoms with Crippen LogP contribution in [0.5, 0.6) is 0 Å². The Bertz CT molecular complexity index is 1210. The van der Waals surface area contributed by atoms with E-state index in [-0.39, 0.29) is 22.9 Å². The van der Waals surface area contributed by atoms with Crippen LogP contribution in [-0.4, -0.2) is 48.5 Å². The van der Waals surface area contributed by atoms with Gasteiger partial charge in [-0.05, 0) is 26.9 Å². The van der Waals surface area contributed by atoms with Crippen molar-refractivity contribution in [3.8, 4) is 0 Å². The zero-order valence-corrected chi connectivity index (χ0v) is 26.3. The zero-order chi connectivity index (χ0) is 28.2. The molecule has 0 saturated carbocycles. The van der Waals surface area contributed by atoms with Gasteiger partial charge in [-0.25, -0.2) is 0 Å². The third-order valence-corrected chi connectivity index (χ3v) is 14.0. The Balaban J connectivity index is 1.95. The minimum Gasteiger partial charge on any atom is -0.393 e. The lowest BCUT2D eigenvalue weighted by Gasteiger charge is -2.46. The summed E-state index contributed by atoms with van der Waals surface area (Å²) in [4.78, 5) is 16.6. The van der Waals surface area contributed by atoms with Gasteiger partial charge in [0.1, 0.15) is 10.4 Å². The molecule has 3 atom stereocenters. The molecule has 1 saturated heterocycles. The van der Waals surface area contributed by atoms with Crippen molar-refractivity contribution < 1.29 is 14.0 Å². The second-order valence-corrected chi connectivity index (χ2v) is 17.3. The van der Waals surface area contributed by atoms with E-state index in [1.165, 1.54) is 0 Å². The Hall–Kier alpha value is -2.29. The second-order valence-electron chi connectivity index (χ2n) is 11.4. The molecule has 206 valence electrons. The molecular weight excluding hydrogens is 539 g/mol. The first-order chi connectivity index (χ1) is 18.6. The molecule has 1 aliphatic heterocycles. The second kappa shape index (κ2) is 12.5. The quantitative estimate of drug-likeness (QED) is 0.224. The molecule has 4 rings (SSSR count). The number of nitrogens with zero attached hydrogens (tertiary/aromatic N) is 1. The van der Waals surface area contributed by atoms with Gasteiger partial charge in [0.25, 0.3) is 14.2 Å². The third kappa shape index (κ3) is 5.93. The van der Waals surface area contributed by atoms with Crippen LogP contribution in [0.15, 0.2) is 91.0 Å². The smallest absolute Gasteiger partial charge is 0.262 e. The summed E-state index contributed by atoms with van der Waals surface area (Å²) < 4.78 is 14.2. The number of carbonyl (C=O) groups is 1. The molecular formula is C32H39NO3S2Si. The van der Waals surface area contributed by atoms with Crippen molar-refractivity contribution in [2.45, 2.75) is 57.9 Å². The van der Waals surface area contributed by atoms with Crippen molar-refractivity contribution in [2.24, 2.45) is 5.92 Å². The molecule has 1 fully saturated rings. The Morgan fingerprint density at radius 1 is 0.923 bits per heavy atom. The first-order valence-electron chi connectivity index (χ1n) is 13.5. The lowest BCUT2D eigenvalue weighted by atomic mass is 10.0. The molecule has 3 aromatic rings. The standard InChI is InChI=1S/C32H39NO3S2Si/c1-23(2)27-22-38-31(37)33(27)30(34)29(28(35-6)24-16-10-7-11-17-24)36-39(32(3,4)5,25-18-12-8-13-19-25)26-20-14-9-15-21-26/h7-21,23,27-29H,22H2,1-6H3/t27-,28+,29-/m1/s1. The van der Waals surface area contributed by atoms with Gasteiger partial charge < -0.3 is 9.16 Å². The molecule has 0 radical (unpaired) electrons. The molecule has 1 amide bonds. The zero-order valence-electron chi connectivity index (χ0n) is 23.7. The normalized spacial score (nSPS) is 17.9. The predicted octanol–water partition coefficient (Wildman–Crippen LogP) is 6.20. The Kier molecular flexibility index (Phi) is 9.50. The summed E-state index contributed by atoms with van der Waals surface area (Å²) in [6.07, 6.45) is -1.51. The highest BCUT2D eigenvalue weighted by Crippen LogP contribution is 2.41. The van der Waals surface area contributed by atoms with Crippen LogP contribution in [0.3, 0.4) is 0 Å². The molecule has 39 heavy (non-hydrogen) atoms. The topological polar surface area (TPSA) is 38.8 Å². The Morgan fingerprint density at radius 2 is 1.41 bits per heavy atom. The summed E-state index contributed by atoms with van der Waals surface area (Å²) in [6.45, 7) is 10.9. The number of benzene rings is 3. The lowest BCUT2D eigenvalue weighted by molar-refractivity contribution is -0.144. The van der Waals surface area contributed by atoms with E-state index in [2.05, 4.69) is 83.1 Å². The molecule has 0 N–H and O–H groups in total. The van der Waals surface area contributed by atoms with Crippen LogP contribution in [-0.2, 0) is 14.0 Å². The fraction of sp³-hybridized carbons (Fsp3) is 0.375. The van der Waals surface area contributed by atoms with Crippen LogP contribution < -0.4 is 10.4 Å². The summed E-state index contributed by atoms with van der Waals surface area (Å²) >= 11 is 7.33. The SMILES string of the molecule is CO[C@@H](c1ccccc1)[C@@H](O[Si](c1ccccc1)(c1ccccc1)C(C)(C)C)C(=O)N1C(=S)SC[C@@H]1C(C)C. The van der Waals surface area contributed by atoms with E-state index in [4.69, 9.17) is 21.4 Å². The van der Waals surface area contributed by atoms with Crippen molar-refractivity contribution in [3.05, 3.63) is 96.6 Å². The number of carbonyl (C=O) groups excluding carboxylic acids is 1. The number of hydrogen-bond donors (Lipinski definition) is 0. The maximum atomic E-state index is 14.8. The van der Waals surface area contributed by atoms with Crippen molar-refractivity contribution in [2.75, 3.05) is 12.9 Å². The minimum atomic E-state index is -3.09.